The van der Waals surface area contributed by atoms with Gasteiger partial charge in [0.2, 0.25) is 19.2 Å². The van der Waals surface area contributed by atoms with Crippen molar-refractivity contribution in [2.75, 3.05) is 19.3 Å². The Labute approximate surface area is 176 Å². The third kappa shape index (κ3) is 8.83. The molecule has 0 spiro atoms. The average Bonchev–Trinajstić information content (AvgIpc) is 2.61. The predicted molar refractivity (Wildman–Crippen MR) is 101 cm³/mol. The van der Waals surface area contributed by atoms with Crippen molar-refractivity contribution >= 4 is 31.1 Å². The molecule has 1 unspecified atom stereocenters. The van der Waals surface area contributed by atoms with Crippen LogP contribution in [0.4, 0.5) is 13.2 Å². The minimum absolute atomic E-state index is 0.137. The number of nitrogens with zero attached hydrogens (tertiary/aromatic N) is 1. The largest absolute Gasteiger partial charge is 0.490 e. The highest BCUT2D eigenvalue weighted by molar-refractivity contribution is 7.58. The number of halogens is 3. The van der Waals surface area contributed by atoms with E-state index in [1.165, 1.54) is 20.8 Å². The first-order chi connectivity index (χ1) is 13.9. The summed E-state index contributed by atoms with van der Waals surface area (Å²) < 4.78 is 44.1. The minimum atomic E-state index is -5.08. The van der Waals surface area contributed by atoms with E-state index in [0.29, 0.717) is 0 Å². The Balaban J connectivity index is 0.00000110. The first kappa shape index (κ1) is 28.8. The van der Waals surface area contributed by atoms with Crippen molar-refractivity contribution in [1.29, 1.82) is 0 Å². The van der Waals surface area contributed by atoms with E-state index in [0.717, 1.165) is 0 Å². The van der Waals surface area contributed by atoms with E-state index < -0.39 is 48.6 Å². The maximum atomic E-state index is 12.7. The van der Waals surface area contributed by atoms with Crippen molar-refractivity contribution in [3.63, 3.8) is 0 Å². The van der Waals surface area contributed by atoms with Crippen molar-refractivity contribution in [3.05, 3.63) is 0 Å². The van der Waals surface area contributed by atoms with E-state index in [9.17, 15) is 37.0 Å². The van der Waals surface area contributed by atoms with Crippen molar-refractivity contribution in [2.24, 2.45) is 11.1 Å². The van der Waals surface area contributed by atoms with Crippen LogP contribution in [0.2, 0.25) is 0 Å². The first-order valence-electron chi connectivity index (χ1n) is 9.02. The van der Waals surface area contributed by atoms with Gasteiger partial charge in [-0.15, -0.1) is 0 Å². The molecule has 0 aliphatic carbocycles. The number of likely N-dealkylation sites (tertiary alicyclic amines) is 1. The summed E-state index contributed by atoms with van der Waals surface area (Å²) >= 11 is 0. The quantitative estimate of drug-likeness (QED) is 0.338. The molecule has 0 bridgehead atoms. The molecule has 2 amide bonds. The minimum Gasteiger partial charge on any atom is -0.480 e. The topological polar surface area (TPSA) is 187 Å². The van der Waals surface area contributed by atoms with Gasteiger partial charge < -0.3 is 31.1 Å². The summed E-state index contributed by atoms with van der Waals surface area (Å²) in [6.07, 6.45) is -5.05. The number of amides is 2. The van der Waals surface area contributed by atoms with Gasteiger partial charge in [-0.3, -0.25) is 18.9 Å². The molecule has 0 radical (unpaired) electrons. The molecule has 1 heterocycles. The van der Waals surface area contributed by atoms with Crippen molar-refractivity contribution in [3.8, 4) is 0 Å². The second kappa shape index (κ2) is 10.9. The van der Waals surface area contributed by atoms with Crippen LogP contribution in [0.15, 0.2) is 0 Å². The smallest absolute Gasteiger partial charge is 0.480 e. The fourth-order valence-electron chi connectivity index (χ4n) is 2.70. The molecular formula is C16H27F3N3O8P. The van der Waals surface area contributed by atoms with Crippen LogP contribution < -0.4 is 11.1 Å². The summed E-state index contributed by atoms with van der Waals surface area (Å²) in [4.78, 5) is 55.7. The second-order valence-corrected chi connectivity index (χ2v) is 9.92. The number of piperidine rings is 1. The van der Waals surface area contributed by atoms with Gasteiger partial charge in [0.15, 0.2) is 0 Å². The van der Waals surface area contributed by atoms with E-state index in [1.807, 2.05) is 0 Å². The van der Waals surface area contributed by atoms with Gasteiger partial charge in [-0.25, -0.2) is 4.79 Å². The summed E-state index contributed by atoms with van der Waals surface area (Å²) in [5.74, 6) is -5.67. The molecule has 31 heavy (non-hydrogen) atoms. The van der Waals surface area contributed by atoms with E-state index in [4.69, 9.17) is 20.7 Å². The van der Waals surface area contributed by atoms with Gasteiger partial charge in [-0.1, -0.05) is 0 Å². The molecule has 180 valence electrons. The predicted octanol–water partition coefficient (Wildman–Crippen LogP) is 0.413. The number of rotatable bonds is 6. The number of carbonyl (C=O) groups is 4. The molecule has 15 heteroatoms. The lowest BCUT2D eigenvalue weighted by atomic mass is 9.79. The van der Waals surface area contributed by atoms with Gasteiger partial charge in [0, 0.05) is 26.2 Å². The van der Waals surface area contributed by atoms with Crippen molar-refractivity contribution in [1.82, 2.24) is 10.2 Å². The van der Waals surface area contributed by atoms with Crippen molar-refractivity contribution < 1.29 is 52.0 Å². The highest BCUT2D eigenvalue weighted by Gasteiger charge is 2.47. The van der Waals surface area contributed by atoms with Gasteiger partial charge in [0.25, 0.3) is 0 Å². The Kier molecular flexibility index (Phi) is 10.1. The zero-order valence-corrected chi connectivity index (χ0v) is 18.1. The molecule has 1 aliphatic rings. The number of carboxylic acid groups (broad SMARTS) is 2. The van der Waals surface area contributed by atoms with Gasteiger partial charge in [0.05, 0.1) is 11.2 Å². The van der Waals surface area contributed by atoms with Crippen molar-refractivity contribution in [2.45, 2.75) is 51.6 Å². The maximum Gasteiger partial charge on any atom is 0.490 e. The zero-order chi connectivity index (χ0) is 24.8. The SMILES string of the molecule is CC(=O)N1CCC(CP(=O)(O)[C@H](C)N)(C(=O)N[C@@H](C)C(=O)O)CC1.O=C(O)C(F)(F)F. The summed E-state index contributed by atoms with van der Waals surface area (Å²) in [5.41, 5.74) is 4.35. The molecule has 0 aromatic carbocycles. The summed E-state index contributed by atoms with van der Waals surface area (Å²) in [6, 6.07) is -1.12. The molecule has 0 aromatic rings. The third-order valence-corrected chi connectivity index (χ3v) is 7.10. The molecular weight excluding hydrogens is 450 g/mol. The molecule has 0 aromatic heterocycles. The maximum absolute atomic E-state index is 12.7. The van der Waals surface area contributed by atoms with E-state index in [-0.39, 0.29) is 38.0 Å². The number of nitrogens with one attached hydrogen (secondary N) is 1. The Morgan fingerprint density at radius 1 is 1.16 bits per heavy atom. The number of nitrogens with two attached hydrogens (primary N) is 1. The summed E-state index contributed by atoms with van der Waals surface area (Å²) in [6.45, 7) is 4.67. The molecule has 1 fully saturated rings. The highest BCUT2D eigenvalue weighted by Crippen LogP contribution is 2.52. The number of hydrogen-bond acceptors (Lipinski definition) is 6. The Bertz CT molecular complexity index is 736. The third-order valence-electron chi connectivity index (χ3n) is 4.77. The number of aliphatic carboxylic acids is 2. The van der Waals surface area contributed by atoms with Gasteiger partial charge in [-0.05, 0) is 26.7 Å². The molecule has 1 rings (SSSR count). The fourth-order valence-corrected chi connectivity index (χ4v) is 4.31. The number of carboxylic acids is 2. The van der Waals surface area contributed by atoms with Crippen LogP contribution in [-0.4, -0.2) is 81.0 Å². The fraction of sp³-hybridized carbons (Fsp3) is 0.750. The summed E-state index contributed by atoms with van der Waals surface area (Å²) in [7, 11) is -3.80. The molecule has 0 saturated carbocycles. The monoisotopic (exact) mass is 477 g/mol. The van der Waals surface area contributed by atoms with Crippen LogP contribution in [0.5, 0.6) is 0 Å². The summed E-state index contributed by atoms with van der Waals surface area (Å²) in [5, 5.41) is 18.5. The lowest BCUT2D eigenvalue weighted by Crippen LogP contribution is -2.54. The van der Waals surface area contributed by atoms with Crippen LogP contribution in [-0.2, 0) is 23.7 Å². The highest BCUT2D eigenvalue weighted by atomic mass is 31.2. The van der Waals surface area contributed by atoms with E-state index >= 15 is 0 Å². The average molecular weight is 477 g/mol. The first-order valence-corrected chi connectivity index (χ1v) is 10.9. The number of carbonyl (C=O) groups excluding carboxylic acids is 2. The number of hydrogen-bond donors (Lipinski definition) is 5. The van der Waals surface area contributed by atoms with Crippen LogP contribution in [0.1, 0.15) is 33.6 Å². The van der Waals surface area contributed by atoms with Crippen LogP contribution >= 0.6 is 7.37 Å². The lowest BCUT2D eigenvalue weighted by Gasteiger charge is -2.41. The Morgan fingerprint density at radius 2 is 1.58 bits per heavy atom. The van der Waals surface area contributed by atoms with Crippen LogP contribution in [0, 0.1) is 5.41 Å². The van der Waals surface area contributed by atoms with Crippen LogP contribution in [0.25, 0.3) is 0 Å². The van der Waals surface area contributed by atoms with Crippen LogP contribution in [0.3, 0.4) is 0 Å². The lowest BCUT2D eigenvalue weighted by molar-refractivity contribution is -0.192. The standard InChI is InChI=1S/C14H26N3O6P.C2HF3O2/c1-9(12(19)20)16-13(21)14(8-24(22,23)10(2)15)4-6-17(7-5-14)11(3)18;3-2(4,5)1(6)7/h9-10H,4-8,15H2,1-3H3,(H,16,21)(H,19,20)(H,22,23);(H,6,7)/t9-,10+;/m0./s1. The second-order valence-electron chi connectivity index (χ2n) is 7.28. The molecule has 11 nitrogen and oxygen atoms in total. The Hall–Kier alpha value is -2.18. The molecule has 6 N–H and O–H groups in total. The normalized spacial score (nSPS) is 19.7. The molecule has 3 atom stereocenters. The van der Waals surface area contributed by atoms with Gasteiger partial charge in [0.1, 0.15) is 6.04 Å². The Morgan fingerprint density at radius 3 is 1.87 bits per heavy atom. The molecule has 1 saturated heterocycles. The van der Waals surface area contributed by atoms with Gasteiger partial charge in [-0.2, -0.15) is 13.2 Å². The molecule has 1 aliphatic heterocycles. The zero-order valence-electron chi connectivity index (χ0n) is 17.2. The van der Waals surface area contributed by atoms with Gasteiger partial charge >= 0.3 is 18.1 Å². The van der Waals surface area contributed by atoms with E-state index in [2.05, 4.69) is 5.32 Å². The van der Waals surface area contributed by atoms with E-state index in [1.54, 1.807) is 4.90 Å². The number of alkyl halides is 3.